The second kappa shape index (κ2) is 5.34. The highest BCUT2D eigenvalue weighted by Crippen LogP contribution is 2.36. The van der Waals surface area contributed by atoms with E-state index in [0.717, 1.165) is 40.7 Å². The average molecular weight is 288 g/mol. The summed E-state index contributed by atoms with van der Waals surface area (Å²) in [6.45, 7) is 1.55. The molecule has 1 aromatic carbocycles. The van der Waals surface area contributed by atoms with E-state index in [1.54, 1.807) is 19.1 Å². The number of carbonyl (C=O) groups is 1. The van der Waals surface area contributed by atoms with E-state index in [-0.39, 0.29) is 11.9 Å². The number of anilines is 2. The van der Waals surface area contributed by atoms with Gasteiger partial charge in [0.15, 0.2) is 10.9 Å². The van der Waals surface area contributed by atoms with E-state index >= 15 is 0 Å². The molecule has 1 aromatic heterocycles. The van der Waals surface area contributed by atoms with Crippen LogP contribution in [0.1, 0.15) is 46.8 Å². The molecule has 1 aliphatic carbocycles. The highest BCUT2D eigenvalue weighted by Gasteiger charge is 2.22. The Labute approximate surface area is 121 Å². The van der Waals surface area contributed by atoms with Gasteiger partial charge in [-0.25, -0.2) is 4.98 Å². The summed E-state index contributed by atoms with van der Waals surface area (Å²) in [5, 5.41) is 14.0. The van der Waals surface area contributed by atoms with Crippen LogP contribution in [0.5, 0.6) is 0 Å². The minimum absolute atomic E-state index is 0.0596. The van der Waals surface area contributed by atoms with Crippen LogP contribution in [0, 0.1) is 0 Å². The molecule has 5 heteroatoms. The minimum Gasteiger partial charge on any atom is -0.388 e. The Morgan fingerprint density at radius 2 is 2.15 bits per heavy atom. The van der Waals surface area contributed by atoms with Crippen LogP contribution in [0.2, 0.25) is 0 Å². The zero-order valence-electron chi connectivity index (χ0n) is 11.2. The molecule has 1 unspecified atom stereocenters. The molecule has 0 saturated carbocycles. The first-order valence-corrected chi connectivity index (χ1v) is 7.51. The first-order chi connectivity index (χ1) is 9.63. The number of nitrogens with zero attached hydrogens (tertiary/aromatic N) is 1. The van der Waals surface area contributed by atoms with Gasteiger partial charge in [0, 0.05) is 11.3 Å². The number of hydrogen-bond donors (Lipinski definition) is 2. The fraction of sp³-hybridized carbons (Fsp3) is 0.333. The Kier molecular flexibility index (Phi) is 3.54. The third kappa shape index (κ3) is 2.59. The molecule has 3 rings (SSSR count). The maximum absolute atomic E-state index is 11.2. The van der Waals surface area contributed by atoms with E-state index in [2.05, 4.69) is 10.3 Å². The van der Waals surface area contributed by atoms with E-state index < -0.39 is 0 Å². The Bertz CT molecular complexity index is 634. The number of hydrogen-bond acceptors (Lipinski definition) is 5. The number of carbonyl (C=O) groups excluding carboxylic acids is 1. The first-order valence-electron chi connectivity index (χ1n) is 6.69. The zero-order chi connectivity index (χ0) is 14.1. The summed E-state index contributed by atoms with van der Waals surface area (Å²) >= 11 is 1.51. The minimum atomic E-state index is -0.369. The molecule has 1 atom stereocenters. The van der Waals surface area contributed by atoms with E-state index in [1.165, 1.54) is 11.3 Å². The molecule has 0 radical (unpaired) electrons. The first kappa shape index (κ1) is 13.3. The molecule has 0 spiro atoms. The Morgan fingerprint density at radius 3 is 2.80 bits per heavy atom. The number of aromatic nitrogens is 1. The molecular weight excluding hydrogens is 272 g/mol. The molecule has 0 aliphatic heterocycles. The van der Waals surface area contributed by atoms with E-state index in [1.807, 2.05) is 12.1 Å². The number of benzene rings is 1. The van der Waals surface area contributed by atoms with Crippen LogP contribution in [0.15, 0.2) is 24.3 Å². The van der Waals surface area contributed by atoms with Gasteiger partial charge in [-0.05, 0) is 50.5 Å². The van der Waals surface area contributed by atoms with Gasteiger partial charge in [0.1, 0.15) is 0 Å². The lowest BCUT2D eigenvalue weighted by molar-refractivity contribution is 0.101. The smallest absolute Gasteiger partial charge is 0.187 e. The molecule has 1 aliphatic rings. The van der Waals surface area contributed by atoms with Gasteiger partial charge in [0.25, 0.3) is 0 Å². The van der Waals surface area contributed by atoms with Gasteiger partial charge in [0.2, 0.25) is 0 Å². The predicted molar refractivity (Wildman–Crippen MR) is 79.7 cm³/mol. The number of aryl methyl sites for hydroxylation is 1. The van der Waals surface area contributed by atoms with Gasteiger partial charge in [-0.1, -0.05) is 11.3 Å². The maximum Gasteiger partial charge on any atom is 0.187 e. The van der Waals surface area contributed by atoms with Crippen molar-refractivity contribution in [2.24, 2.45) is 0 Å². The number of aliphatic hydroxyl groups is 1. The second-order valence-corrected chi connectivity index (χ2v) is 6.03. The zero-order valence-corrected chi connectivity index (χ0v) is 12.0. The van der Waals surface area contributed by atoms with Crippen molar-refractivity contribution in [2.45, 2.75) is 32.3 Å². The van der Waals surface area contributed by atoms with Crippen LogP contribution in [0.3, 0.4) is 0 Å². The molecule has 1 heterocycles. The van der Waals surface area contributed by atoms with Crippen LogP contribution >= 0.6 is 11.3 Å². The molecule has 0 amide bonds. The number of fused-ring (bicyclic) bond motifs is 1. The second-order valence-electron chi connectivity index (χ2n) is 5.00. The summed E-state index contributed by atoms with van der Waals surface area (Å²) in [6, 6.07) is 7.33. The predicted octanol–water partition coefficient (Wildman–Crippen LogP) is 3.46. The summed E-state index contributed by atoms with van der Waals surface area (Å²) in [5.41, 5.74) is 2.61. The van der Waals surface area contributed by atoms with Crippen LogP contribution in [0.25, 0.3) is 0 Å². The van der Waals surface area contributed by atoms with Gasteiger partial charge in [0.05, 0.1) is 16.7 Å². The number of aliphatic hydroxyl groups excluding tert-OH is 1. The highest BCUT2D eigenvalue weighted by molar-refractivity contribution is 7.15. The number of thiazole rings is 1. The van der Waals surface area contributed by atoms with Crippen LogP contribution < -0.4 is 5.32 Å². The lowest BCUT2D eigenvalue weighted by Gasteiger charge is -2.14. The summed E-state index contributed by atoms with van der Waals surface area (Å²) < 4.78 is 0. The lowest BCUT2D eigenvalue weighted by atomic mass is 10.0. The monoisotopic (exact) mass is 288 g/mol. The van der Waals surface area contributed by atoms with Crippen LogP contribution in [-0.4, -0.2) is 15.9 Å². The van der Waals surface area contributed by atoms with E-state index in [9.17, 15) is 9.90 Å². The van der Waals surface area contributed by atoms with Crippen molar-refractivity contribution in [2.75, 3.05) is 5.32 Å². The van der Waals surface area contributed by atoms with Gasteiger partial charge >= 0.3 is 0 Å². The molecule has 20 heavy (non-hydrogen) atoms. The highest BCUT2D eigenvalue weighted by atomic mass is 32.1. The largest absolute Gasteiger partial charge is 0.388 e. The topological polar surface area (TPSA) is 62.2 Å². The number of rotatable bonds is 3. The molecule has 4 nitrogen and oxygen atoms in total. The fourth-order valence-corrected chi connectivity index (χ4v) is 3.41. The fourth-order valence-electron chi connectivity index (χ4n) is 2.36. The number of ketones is 1. The maximum atomic E-state index is 11.2. The number of nitrogens with one attached hydrogen (secondary N) is 1. The summed E-state index contributed by atoms with van der Waals surface area (Å²) in [6.07, 6.45) is 2.38. The molecule has 2 N–H and O–H groups in total. The van der Waals surface area contributed by atoms with Crippen molar-refractivity contribution in [3.8, 4) is 0 Å². The van der Waals surface area contributed by atoms with Crippen molar-refractivity contribution in [1.29, 1.82) is 0 Å². The Hall–Kier alpha value is -1.72. The third-order valence-corrected chi connectivity index (χ3v) is 4.58. The van der Waals surface area contributed by atoms with Gasteiger partial charge in [-0.2, -0.15) is 0 Å². The van der Waals surface area contributed by atoms with Crippen molar-refractivity contribution in [1.82, 2.24) is 4.98 Å². The third-order valence-electron chi connectivity index (χ3n) is 3.46. The summed E-state index contributed by atoms with van der Waals surface area (Å²) in [7, 11) is 0. The molecule has 0 fully saturated rings. The normalized spacial score (nSPS) is 17.6. The van der Waals surface area contributed by atoms with E-state index in [0.29, 0.717) is 5.56 Å². The van der Waals surface area contributed by atoms with Gasteiger partial charge in [-0.3, -0.25) is 4.79 Å². The summed E-state index contributed by atoms with van der Waals surface area (Å²) in [5.74, 6) is 0.0596. The molecule has 0 bridgehead atoms. The molecule has 0 saturated heterocycles. The Balaban J connectivity index is 1.79. The molecule has 2 aromatic rings. The lowest BCUT2D eigenvalue weighted by Crippen LogP contribution is -2.06. The average Bonchev–Trinajstić information content (AvgIpc) is 2.83. The van der Waals surface area contributed by atoms with Gasteiger partial charge in [-0.15, -0.1) is 0 Å². The van der Waals surface area contributed by atoms with Crippen LogP contribution in [0.4, 0.5) is 10.8 Å². The SMILES string of the molecule is CC(=O)c1ccc(Nc2nc3c(s2)C(O)CCC3)cc1. The number of Topliss-reactive ketones (excluding diaryl/α,β-unsaturated/α-hetero) is 1. The van der Waals surface area contributed by atoms with Gasteiger partial charge < -0.3 is 10.4 Å². The van der Waals surface area contributed by atoms with Crippen LogP contribution in [-0.2, 0) is 6.42 Å². The van der Waals surface area contributed by atoms with Crippen molar-refractivity contribution in [3.05, 3.63) is 40.4 Å². The molecular formula is C15H16N2O2S. The molecule has 104 valence electrons. The van der Waals surface area contributed by atoms with Crippen molar-refractivity contribution in [3.63, 3.8) is 0 Å². The Morgan fingerprint density at radius 1 is 1.40 bits per heavy atom. The summed E-state index contributed by atoms with van der Waals surface area (Å²) in [4.78, 5) is 16.7. The van der Waals surface area contributed by atoms with Crippen molar-refractivity contribution >= 4 is 27.9 Å². The quantitative estimate of drug-likeness (QED) is 0.849. The van der Waals surface area contributed by atoms with Crippen molar-refractivity contribution < 1.29 is 9.90 Å². The van der Waals surface area contributed by atoms with E-state index in [4.69, 9.17) is 0 Å². The standard InChI is InChI=1S/C15H16N2O2S/c1-9(18)10-5-7-11(8-6-10)16-15-17-12-3-2-4-13(19)14(12)20-15/h5-8,13,19H,2-4H2,1H3,(H,16,17).